The van der Waals surface area contributed by atoms with Gasteiger partial charge < -0.3 is 5.11 Å². The Kier molecular flexibility index (Phi) is 5.38. The maximum Gasteiger partial charge on any atom is 0.331 e. The summed E-state index contributed by atoms with van der Waals surface area (Å²) in [6.45, 7) is 3.67. The van der Waals surface area contributed by atoms with Crippen LogP contribution in [0.4, 0.5) is 10.5 Å². The van der Waals surface area contributed by atoms with Crippen molar-refractivity contribution in [2.24, 2.45) is 5.92 Å². The number of aliphatic hydroxyl groups is 1. The zero-order valence-corrected chi connectivity index (χ0v) is 15.1. The largest absolute Gasteiger partial charge is 0.393 e. The summed E-state index contributed by atoms with van der Waals surface area (Å²) in [5, 5.41) is 9.82. The van der Waals surface area contributed by atoms with Gasteiger partial charge >= 0.3 is 6.03 Å². The van der Waals surface area contributed by atoms with Crippen LogP contribution in [-0.2, 0) is 11.2 Å². The molecule has 2 aromatic carbocycles. The highest BCUT2D eigenvalue weighted by Gasteiger charge is 2.43. The molecule has 3 rings (SSSR count). The van der Waals surface area contributed by atoms with Crippen molar-refractivity contribution in [3.8, 4) is 0 Å². The van der Waals surface area contributed by atoms with Crippen LogP contribution in [0.3, 0.4) is 0 Å². The fraction of sp³-hybridized carbons (Fsp3) is 0.333. The molecule has 1 aliphatic rings. The fourth-order valence-electron chi connectivity index (χ4n) is 3.22. The third-order valence-corrected chi connectivity index (χ3v) is 4.93. The molecule has 0 aliphatic carbocycles. The molecule has 3 amide bonds. The summed E-state index contributed by atoms with van der Waals surface area (Å²) in [6.07, 6.45) is -0.216. The Labute approximate surface area is 153 Å². The van der Waals surface area contributed by atoms with Gasteiger partial charge in [-0.1, -0.05) is 55.5 Å². The van der Waals surface area contributed by atoms with Gasteiger partial charge in [0.15, 0.2) is 0 Å². The van der Waals surface area contributed by atoms with E-state index < -0.39 is 12.0 Å². The molecular formula is C21H24N2O3. The minimum Gasteiger partial charge on any atom is -0.393 e. The first-order valence-electron chi connectivity index (χ1n) is 8.90. The molecule has 0 aromatic heterocycles. The van der Waals surface area contributed by atoms with Gasteiger partial charge in [0.1, 0.15) is 0 Å². The number of carbonyl (C=O) groups is 2. The van der Waals surface area contributed by atoms with Crippen molar-refractivity contribution in [1.82, 2.24) is 4.90 Å². The standard InChI is InChI=1S/C21H24N2O3/c1-15(16(2)24)20(25)23-19(13-17-9-5-3-6-10-17)14-22(21(23)26)18-11-7-4-8-12-18/h3-12,15-16,19,24H,13-14H2,1-2H3/t15-,16+,19-/m0/s1. The third kappa shape index (κ3) is 3.63. The Morgan fingerprint density at radius 2 is 1.65 bits per heavy atom. The Bertz CT molecular complexity index is 761. The fourth-order valence-corrected chi connectivity index (χ4v) is 3.22. The first-order chi connectivity index (χ1) is 12.5. The van der Waals surface area contributed by atoms with E-state index in [2.05, 4.69) is 0 Å². The van der Waals surface area contributed by atoms with Gasteiger partial charge in [0, 0.05) is 12.2 Å². The van der Waals surface area contributed by atoms with Crippen LogP contribution in [0, 0.1) is 5.92 Å². The van der Waals surface area contributed by atoms with Gasteiger partial charge in [-0.15, -0.1) is 0 Å². The Morgan fingerprint density at radius 3 is 2.23 bits per heavy atom. The minimum atomic E-state index is -0.807. The molecule has 0 radical (unpaired) electrons. The lowest BCUT2D eigenvalue weighted by molar-refractivity contribution is -0.135. The van der Waals surface area contributed by atoms with Crippen LogP contribution in [0.5, 0.6) is 0 Å². The molecule has 1 N–H and O–H groups in total. The van der Waals surface area contributed by atoms with Gasteiger partial charge in [0.25, 0.3) is 0 Å². The van der Waals surface area contributed by atoms with Gasteiger partial charge in [0.05, 0.1) is 18.1 Å². The minimum absolute atomic E-state index is 0.265. The zero-order chi connectivity index (χ0) is 18.7. The number of amides is 3. The van der Waals surface area contributed by atoms with E-state index in [1.165, 1.54) is 4.90 Å². The monoisotopic (exact) mass is 352 g/mol. The quantitative estimate of drug-likeness (QED) is 0.899. The summed E-state index contributed by atoms with van der Waals surface area (Å²) in [5.41, 5.74) is 1.85. The van der Waals surface area contributed by atoms with Crippen molar-refractivity contribution in [3.05, 3.63) is 66.2 Å². The topological polar surface area (TPSA) is 60.9 Å². The van der Waals surface area contributed by atoms with Crippen LogP contribution in [-0.4, -0.2) is 40.6 Å². The molecular weight excluding hydrogens is 328 g/mol. The highest BCUT2D eigenvalue weighted by molar-refractivity contribution is 6.05. The van der Waals surface area contributed by atoms with E-state index in [0.717, 1.165) is 11.3 Å². The van der Waals surface area contributed by atoms with Crippen LogP contribution in [0.25, 0.3) is 0 Å². The summed E-state index contributed by atoms with van der Waals surface area (Å²) < 4.78 is 0. The van der Waals surface area contributed by atoms with E-state index in [0.29, 0.717) is 13.0 Å². The molecule has 1 aliphatic heterocycles. The summed E-state index contributed by atoms with van der Waals surface area (Å²) >= 11 is 0. The van der Waals surface area contributed by atoms with Crippen molar-refractivity contribution >= 4 is 17.6 Å². The normalized spacial score (nSPS) is 19.5. The second-order valence-corrected chi connectivity index (χ2v) is 6.81. The number of urea groups is 1. The van der Waals surface area contributed by atoms with Crippen LogP contribution in [0.1, 0.15) is 19.4 Å². The van der Waals surface area contributed by atoms with Crippen molar-refractivity contribution in [1.29, 1.82) is 0 Å². The van der Waals surface area contributed by atoms with E-state index in [9.17, 15) is 14.7 Å². The van der Waals surface area contributed by atoms with E-state index in [1.54, 1.807) is 18.7 Å². The predicted octanol–water partition coefficient (Wildman–Crippen LogP) is 3.08. The predicted molar refractivity (Wildman–Crippen MR) is 101 cm³/mol. The Morgan fingerprint density at radius 1 is 1.08 bits per heavy atom. The molecule has 3 atom stereocenters. The zero-order valence-electron chi connectivity index (χ0n) is 15.1. The lowest BCUT2D eigenvalue weighted by Gasteiger charge is -2.25. The second kappa shape index (κ2) is 7.70. The molecule has 0 bridgehead atoms. The summed E-state index contributed by atoms with van der Waals surface area (Å²) in [7, 11) is 0. The van der Waals surface area contributed by atoms with Gasteiger partial charge in [-0.05, 0) is 31.0 Å². The molecule has 0 unspecified atom stereocenters. The lowest BCUT2D eigenvalue weighted by atomic mass is 10.0. The molecule has 5 nitrogen and oxygen atoms in total. The maximum atomic E-state index is 13.0. The van der Waals surface area contributed by atoms with Gasteiger partial charge in [-0.2, -0.15) is 0 Å². The lowest BCUT2D eigenvalue weighted by Crippen LogP contribution is -2.46. The van der Waals surface area contributed by atoms with E-state index in [4.69, 9.17) is 0 Å². The van der Waals surface area contributed by atoms with Gasteiger partial charge in [0.2, 0.25) is 5.91 Å². The molecule has 0 saturated carbocycles. The number of para-hydroxylation sites is 1. The summed E-state index contributed by atoms with van der Waals surface area (Å²) in [5.74, 6) is -0.961. The van der Waals surface area contributed by atoms with Crippen molar-refractivity contribution < 1.29 is 14.7 Å². The smallest absolute Gasteiger partial charge is 0.331 e. The van der Waals surface area contributed by atoms with E-state index in [-0.39, 0.29) is 18.0 Å². The number of carbonyl (C=O) groups excluding carboxylic acids is 2. The molecule has 136 valence electrons. The number of aliphatic hydroxyl groups excluding tert-OH is 1. The number of hydrogen-bond acceptors (Lipinski definition) is 3. The van der Waals surface area contributed by atoms with Crippen molar-refractivity contribution in [2.75, 3.05) is 11.4 Å². The van der Waals surface area contributed by atoms with Gasteiger partial charge in [-0.3, -0.25) is 14.6 Å². The van der Waals surface area contributed by atoms with Crippen LogP contribution in [0.2, 0.25) is 0 Å². The summed E-state index contributed by atoms with van der Waals surface area (Å²) in [6, 6.07) is 18.6. The number of imide groups is 1. The number of benzene rings is 2. The molecule has 5 heteroatoms. The average Bonchev–Trinajstić information content (AvgIpc) is 2.98. The molecule has 1 heterocycles. The first-order valence-corrected chi connectivity index (χ1v) is 8.90. The number of hydrogen-bond donors (Lipinski definition) is 1. The number of anilines is 1. The Hall–Kier alpha value is -2.66. The highest BCUT2D eigenvalue weighted by atomic mass is 16.3. The molecule has 1 saturated heterocycles. The highest BCUT2D eigenvalue weighted by Crippen LogP contribution is 2.27. The first kappa shape index (κ1) is 18.1. The van der Waals surface area contributed by atoms with E-state index in [1.807, 2.05) is 60.7 Å². The SMILES string of the molecule is C[C@H](C(=O)N1C(=O)N(c2ccccc2)C[C@@H]1Cc1ccccc1)[C@@H](C)O. The van der Waals surface area contributed by atoms with Crippen LogP contribution < -0.4 is 4.90 Å². The van der Waals surface area contributed by atoms with Crippen molar-refractivity contribution in [2.45, 2.75) is 32.4 Å². The molecule has 2 aromatic rings. The average molecular weight is 352 g/mol. The molecule has 26 heavy (non-hydrogen) atoms. The Balaban J connectivity index is 1.90. The number of rotatable bonds is 5. The van der Waals surface area contributed by atoms with Crippen LogP contribution in [0.15, 0.2) is 60.7 Å². The van der Waals surface area contributed by atoms with Crippen molar-refractivity contribution in [3.63, 3.8) is 0 Å². The van der Waals surface area contributed by atoms with E-state index >= 15 is 0 Å². The molecule has 1 fully saturated rings. The van der Waals surface area contributed by atoms with Gasteiger partial charge in [-0.25, -0.2) is 4.79 Å². The third-order valence-electron chi connectivity index (χ3n) is 4.93. The maximum absolute atomic E-state index is 13.0. The van der Waals surface area contributed by atoms with Crippen LogP contribution >= 0.6 is 0 Å². The number of nitrogens with zero attached hydrogens (tertiary/aromatic N) is 2. The second-order valence-electron chi connectivity index (χ2n) is 6.81. The summed E-state index contributed by atoms with van der Waals surface area (Å²) in [4.78, 5) is 28.9. The molecule has 0 spiro atoms.